The molecule has 1 rings (SSSR count). The number of ether oxygens (including phenoxy) is 5. The molecule has 1 saturated heterocycles. The maximum Gasteiger partial charge on any atom is 0.335 e. The van der Waals surface area contributed by atoms with Crippen LogP contribution in [0, 0.1) is 0 Å². The zero-order chi connectivity index (χ0) is 56.1. The van der Waals surface area contributed by atoms with Crippen molar-refractivity contribution in [3.63, 3.8) is 0 Å². The number of allylic oxidation sites excluding steroid dienone is 18. The molecule has 0 aromatic rings. The lowest BCUT2D eigenvalue weighted by molar-refractivity contribution is -0.301. The number of aliphatic carboxylic acids is 1. The van der Waals surface area contributed by atoms with Crippen LogP contribution in [0.2, 0.25) is 0 Å². The van der Waals surface area contributed by atoms with Gasteiger partial charge in [-0.25, -0.2) is 4.79 Å². The van der Waals surface area contributed by atoms with E-state index in [1.54, 1.807) is 0 Å². The summed E-state index contributed by atoms with van der Waals surface area (Å²) in [7, 11) is 0. The van der Waals surface area contributed by atoms with E-state index >= 15 is 0 Å². The van der Waals surface area contributed by atoms with Crippen molar-refractivity contribution >= 4 is 23.9 Å². The van der Waals surface area contributed by atoms with E-state index in [2.05, 4.69) is 118 Å². The summed E-state index contributed by atoms with van der Waals surface area (Å²) < 4.78 is 28.4. The Morgan fingerprint density at radius 2 is 0.831 bits per heavy atom. The van der Waals surface area contributed by atoms with Crippen LogP contribution in [0.4, 0.5) is 0 Å². The standard InChI is InChI=1S/C65H104O12/c1-4-7-10-13-16-19-22-25-27-29-31-34-36-39-42-45-48-51-57(66)73-54-56(75-58(67)52-49-46-43-40-37-33-24-21-18-15-12-9-6-3)55-74-65-63(61(70)60(69)62(77-65)64(71)72)76-59(68)53-50-47-44-41-38-35-32-30-28-26-23-20-17-14-11-8-5-2/h7-8,10-11,16-17,19-20,25-28,31-32,34-35,41,44,56,60-63,65,69-70H,4-6,9,12-15,18,21-24,29-30,33,36-40,42-43,45-55H2,1-3H3,(H,71,72)/b10-7-,11-8-,19-16-,20-17-,27-25-,28-26-,34-31-,35-32-,44-41-. The second-order valence-corrected chi connectivity index (χ2v) is 19.9. The first kappa shape index (κ1) is 70.4. The summed E-state index contributed by atoms with van der Waals surface area (Å²) in [6, 6.07) is 0. The highest BCUT2D eigenvalue weighted by atomic mass is 16.7. The van der Waals surface area contributed by atoms with E-state index < -0.39 is 67.3 Å². The zero-order valence-electron chi connectivity index (χ0n) is 47.9. The molecule has 1 aliphatic heterocycles. The average Bonchev–Trinajstić information content (AvgIpc) is 3.42. The number of carbonyl (C=O) groups is 4. The van der Waals surface area contributed by atoms with Gasteiger partial charge in [-0.05, 0) is 96.3 Å². The van der Waals surface area contributed by atoms with Gasteiger partial charge in [0.05, 0.1) is 6.61 Å². The van der Waals surface area contributed by atoms with E-state index in [0.717, 1.165) is 103 Å². The quantitative estimate of drug-likeness (QED) is 0.0228. The highest BCUT2D eigenvalue weighted by molar-refractivity contribution is 5.74. The highest BCUT2D eigenvalue weighted by Gasteiger charge is 2.50. The molecular weight excluding hydrogens is 973 g/mol. The van der Waals surface area contributed by atoms with Crippen LogP contribution in [0.15, 0.2) is 109 Å². The Hall–Kier alpha value is -4.62. The van der Waals surface area contributed by atoms with Crippen molar-refractivity contribution in [1.82, 2.24) is 0 Å². The van der Waals surface area contributed by atoms with Crippen LogP contribution in [-0.2, 0) is 42.9 Å². The summed E-state index contributed by atoms with van der Waals surface area (Å²) >= 11 is 0. The largest absolute Gasteiger partial charge is 0.479 e. The lowest BCUT2D eigenvalue weighted by atomic mass is 9.98. The number of rotatable bonds is 49. The minimum atomic E-state index is -1.93. The maximum atomic E-state index is 13.1. The predicted molar refractivity (Wildman–Crippen MR) is 312 cm³/mol. The van der Waals surface area contributed by atoms with Gasteiger partial charge in [-0.15, -0.1) is 0 Å². The fourth-order valence-electron chi connectivity index (χ4n) is 8.34. The number of hydrogen-bond acceptors (Lipinski definition) is 11. The van der Waals surface area contributed by atoms with Gasteiger partial charge in [-0.1, -0.05) is 220 Å². The molecule has 0 aromatic carbocycles. The summed E-state index contributed by atoms with van der Waals surface area (Å²) in [5, 5.41) is 31.5. The van der Waals surface area contributed by atoms with Crippen LogP contribution >= 0.6 is 0 Å². The lowest BCUT2D eigenvalue weighted by Crippen LogP contribution is -2.61. The van der Waals surface area contributed by atoms with E-state index in [-0.39, 0.29) is 25.9 Å². The molecule has 0 amide bonds. The third kappa shape index (κ3) is 42.1. The van der Waals surface area contributed by atoms with Gasteiger partial charge >= 0.3 is 23.9 Å². The Bertz CT molecular complexity index is 1750. The lowest BCUT2D eigenvalue weighted by Gasteiger charge is -2.40. The van der Waals surface area contributed by atoms with Crippen molar-refractivity contribution in [2.45, 2.75) is 263 Å². The van der Waals surface area contributed by atoms with Crippen molar-refractivity contribution in [3.8, 4) is 0 Å². The average molecular weight is 1080 g/mol. The van der Waals surface area contributed by atoms with E-state index in [1.165, 1.54) is 57.8 Å². The van der Waals surface area contributed by atoms with Gasteiger partial charge in [0.1, 0.15) is 18.8 Å². The fraction of sp³-hybridized carbons (Fsp3) is 0.662. The number of carbonyl (C=O) groups excluding carboxylic acids is 3. The summed E-state index contributed by atoms with van der Waals surface area (Å²) in [5.74, 6) is -3.23. The predicted octanol–water partition coefficient (Wildman–Crippen LogP) is 15.4. The summed E-state index contributed by atoms with van der Waals surface area (Å²) in [6.07, 6.45) is 57.7. The van der Waals surface area contributed by atoms with E-state index in [9.17, 15) is 34.5 Å². The number of hydrogen-bond donors (Lipinski definition) is 3. The molecule has 6 atom stereocenters. The van der Waals surface area contributed by atoms with Gasteiger partial charge in [0, 0.05) is 19.3 Å². The third-order valence-corrected chi connectivity index (χ3v) is 12.8. The maximum absolute atomic E-state index is 13.1. The molecule has 0 bridgehead atoms. The van der Waals surface area contributed by atoms with E-state index in [4.69, 9.17) is 23.7 Å². The molecule has 0 saturated carbocycles. The third-order valence-electron chi connectivity index (χ3n) is 12.8. The van der Waals surface area contributed by atoms with Crippen LogP contribution < -0.4 is 0 Å². The molecule has 12 nitrogen and oxygen atoms in total. The molecule has 1 heterocycles. The van der Waals surface area contributed by atoms with Crippen molar-refractivity contribution in [3.05, 3.63) is 109 Å². The second kappa shape index (κ2) is 52.1. The Morgan fingerprint density at radius 3 is 1.29 bits per heavy atom. The van der Waals surface area contributed by atoms with E-state index in [1.807, 2.05) is 12.2 Å². The van der Waals surface area contributed by atoms with Crippen molar-refractivity contribution < 1.29 is 58.2 Å². The number of unbranched alkanes of at least 4 members (excludes halogenated alkanes) is 17. The van der Waals surface area contributed by atoms with Gasteiger partial charge < -0.3 is 39.0 Å². The Balaban J connectivity index is 2.74. The molecule has 1 fully saturated rings. The number of aliphatic hydroxyl groups is 2. The van der Waals surface area contributed by atoms with Gasteiger partial charge in [0.15, 0.2) is 24.6 Å². The van der Waals surface area contributed by atoms with Crippen molar-refractivity contribution in [1.29, 1.82) is 0 Å². The first-order valence-corrected chi connectivity index (χ1v) is 29.9. The van der Waals surface area contributed by atoms with Crippen LogP contribution in [0.1, 0.15) is 226 Å². The van der Waals surface area contributed by atoms with Crippen LogP contribution in [0.3, 0.4) is 0 Å². The molecule has 0 radical (unpaired) electrons. The van der Waals surface area contributed by atoms with Crippen molar-refractivity contribution in [2.24, 2.45) is 0 Å². The molecule has 0 spiro atoms. The Labute approximate surface area is 465 Å². The van der Waals surface area contributed by atoms with Gasteiger partial charge in [-0.3, -0.25) is 14.4 Å². The smallest absolute Gasteiger partial charge is 0.335 e. The number of carboxylic acid groups (broad SMARTS) is 1. The Kier molecular flexibility index (Phi) is 47.6. The molecule has 0 aliphatic carbocycles. The minimum absolute atomic E-state index is 0.0244. The molecule has 12 heteroatoms. The number of aliphatic hydroxyl groups excluding tert-OH is 2. The fourth-order valence-corrected chi connectivity index (χ4v) is 8.34. The molecule has 77 heavy (non-hydrogen) atoms. The highest BCUT2D eigenvalue weighted by Crippen LogP contribution is 2.26. The SMILES string of the molecule is CC/C=C\C/C=C\C/C=C\C/C=C\C/C=C\CCCC(=O)OC1C(OCC(COC(=O)CCCCCC/C=C\C/C=C\C/C=C\C/C=C\CC)OC(=O)CCCCCCCCCCCCCCC)OC(C(=O)O)C(O)C1O. The summed E-state index contributed by atoms with van der Waals surface area (Å²) in [6.45, 7) is 5.71. The normalized spacial score (nSPS) is 18.8. The molecule has 6 unspecified atom stereocenters. The minimum Gasteiger partial charge on any atom is -0.479 e. The molecule has 3 N–H and O–H groups in total. The molecule has 0 aromatic heterocycles. The van der Waals surface area contributed by atoms with E-state index in [0.29, 0.717) is 25.7 Å². The second-order valence-electron chi connectivity index (χ2n) is 19.9. The first-order chi connectivity index (χ1) is 37.6. The molecule has 436 valence electrons. The number of esters is 3. The zero-order valence-corrected chi connectivity index (χ0v) is 47.9. The van der Waals surface area contributed by atoms with Crippen molar-refractivity contribution in [2.75, 3.05) is 13.2 Å². The Morgan fingerprint density at radius 1 is 0.442 bits per heavy atom. The van der Waals surface area contributed by atoms with Gasteiger partial charge in [-0.2, -0.15) is 0 Å². The molecule has 1 aliphatic rings. The summed E-state index contributed by atoms with van der Waals surface area (Å²) in [5.41, 5.74) is 0. The first-order valence-electron chi connectivity index (χ1n) is 29.9. The van der Waals surface area contributed by atoms with Crippen LogP contribution in [-0.4, -0.2) is 89.2 Å². The number of carboxylic acids is 1. The van der Waals surface area contributed by atoms with Crippen LogP contribution in [0.5, 0.6) is 0 Å². The van der Waals surface area contributed by atoms with Crippen LogP contribution in [0.25, 0.3) is 0 Å². The summed E-state index contributed by atoms with van der Waals surface area (Å²) in [4.78, 5) is 51.1. The molecular formula is C65H104O12. The monoisotopic (exact) mass is 1080 g/mol. The van der Waals surface area contributed by atoms with Gasteiger partial charge in [0.2, 0.25) is 0 Å². The topological polar surface area (TPSA) is 175 Å². The van der Waals surface area contributed by atoms with Gasteiger partial charge in [0.25, 0.3) is 0 Å².